The number of rotatable bonds is 2. The van der Waals surface area contributed by atoms with Gasteiger partial charge in [0, 0.05) is 13.1 Å². The van der Waals surface area contributed by atoms with E-state index in [1.165, 1.54) is 23.7 Å². The second kappa shape index (κ2) is 3.65. The minimum atomic E-state index is -0.294. The molecular weight excluding hydrogens is 195 g/mol. The summed E-state index contributed by atoms with van der Waals surface area (Å²) in [7, 11) is 0. The van der Waals surface area contributed by atoms with Crippen molar-refractivity contribution in [3.8, 4) is 5.69 Å². The van der Waals surface area contributed by atoms with E-state index in [1.807, 2.05) is 0 Å². The topological polar surface area (TPSA) is 34.9 Å². The van der Waals surface area contributed by atoms with Gasteiger partial charge in [-0.25, -0.2) is 9.07 Å². The Morgan fingerprint density at radius 1 is 1.27 bits per heavy atom. The summed E-state index contributed by atoms with van der Waals surface area (Å²) in [5, 5.41) is 4.05. The second-order valence-corrected chi connectivity index (χ2v) is 3.18. The molecule has 76 valence electrons. The number of nitrogens with zero attached hydrogens (tertiary/aromatic N) is 2. The standard InChI is InChI=1S/C11H9FN2O/c1-8(15)11-6-7-14(13-11)10-4-2-9(12)3-5-10/h2-7H,1H3. The molecule has 0 fully saturated rings. The molecule has 0 unspecified atom stereocenters. The van der Waals surface area contributed by atoms with Crippen molar-refractivity contribution in [2.24, 2.45) is 0 Å². The van der Waals surface area contributed by atoms with Crippen LogP contribution in [0.15, 0.2) is 36.5 Å². The monoisotopic (exact) mass is 204 g/mol. The van der Waals surface area contributed by atoms with E-state index in [9.17, 15) is 9.18 Å². The summed E-state index contributed by atoms with van der Waals surface area (Å²) in [5.74, 6) is -0.381. The first kappa shape index (κ1) is 9.58. The van der Waals surface area contributed by atoms with E-state index >= 15 is 0 Å². The van der Waals surface area contributed by atoms with Crippen LogP contribution in [0.25, 0.3) is 5.69 Å². The normalized spacial score (nSPS) is 10.3. The summed E-state index contributed by atoms with van der Waals surface area (Å²) in [5.41, 5.74) is 1.13. The van der Waals surface area contributed by atoms with Crippen LogP contribution in [0.5, 0.6) is 0 Å². The first-order valence-corrected chi connectivity index (χ1v) is 4.49. The molecule has 0 radical (unpaired) electrons. The van der Waals surface area contributed by atoms with Crippen LogP contribution < -0.4 is 0 Å². The predicted octanol–water partition coefficient (Wildman–Crippen LogP) is 2.21. The quantitative estimate of drug-likeness (QED) is 0.703. The first-order chi connectivity index (χ1) is 7.16. The van der Waals surface area contributed by atoms with Crippen LogP contribution in [-0.4, -0.2) is 15.6 Å². The molecule has 2 rings (SSSR count). The SMILES string of the molecule is CC(=O)c1ccn(-c2ccc(F)cc2)n1. The molecule has 2 aromatic rings. The van der Waals surface area contributed by atoms with Gasteiger partial charge in [0.05, 0.1) is 5.69 Å². The molecule has 0 atom stereocenters. The van der Waals surface area contributed by atoms with E-state index in [-0.39, 0.29) is 11.6 Å². The lowest BCUT2D eigenvalue weighted by Crippen LogP contribution is -1.98. The van der Waals surface area contributed by atoms with Crippen LogP contribution in [0.1, 0.15) is 17.4 Å². The molecule has 3 nitrogen and oxygen atoms in total. The highest BCUT2D eigenvalue weighted by atomic mass is 19.1. The molecule has 0 spiro atoms. The van der Waals surface area contributed by atoms with Crippen molar-refractivity contribution in [3.05, 3.63) is 48.0 Å². The lowest BCUT2D eigenvalue weighted by atomic mass is 10.3. The lowest BCUT2D eigenvalue weighted by molar-refractivity contribution is 0.101. The van der Waals surface area contributed by atoms with E-state index in [4.69, 9.17) is 0 Å². The molecule has 15 heavy (non-hydrogen) atoms. The molecule has 0 N–H and O–H groups in total. The van der Waals surface area contributed by atoms with Gasteiger partial charge in [-0.3, -0.25) is 4.79 Å². The summed E-state index contributed by atoms with van der Waals surface area (Å²) in [6.07, 6.45) is 1.67. The molecule has 0 saturated heterocycles. The van der Waals surface area contributed by atoms with Crippen molar-refractivity contribution in [2.75, 3.05) is 0 Å². The van der Waals surface area contributed by atoms with Crippen LogP contribution in [0.3, 0.4) is 0 Å². The third-order valence-corrected chi connectivity index (χ3v) is 2.04. The summed E-state index contributed by atoms with van der Waals surface area (Å²) in [6, 6.07) is 7.54. The molecule has 0 saturated carbocycles. The van der Waals surface area contributed by atoms with E-state index in [1.54, 1.807) is 24.4 Å². The zero-order valence-corrected chi connectivity index (χ0v) is 8.14. The molecule has 1 aromatic carbocycles. The van der Waals surface area contributed by atoms with Gasteiger partial charge in [0.15, 0.2) is 5.78 Å². The highest BCUT2D eigenvalue weighted by molar-refractivity contribution is 5.91. The van der Waals surface area contributed by atoms with Crippen molar-refractivity contribution in [3.63, 3.8) is 0 Å². The molecule has 0 bridgehead atoms. The summed E-state index contributed by atoms with van der Waals surface area (Å²) in [6.45, 7) is 1.46. The number of carbonyl (C=O) groups excluding carboxylic acids is 1. The Labute approximate surface area is 86.2 Å². The highest BCUT2D eigenvalue weighted by Gasteiger charge is 2.04. The fourth-order valence-corrected chi connectivity index (χ4v) is 1.25. The van der Waals surface area contributed by atoms with Crippen molar-refractivity contribution >= 4 is 5.78 Å². The minimum absolute atomic E-state index is 0.0872. The zero-order chi connectivity index (χ0) is 10.8. The molecule has 0 aliphatic carbocycles. The molecule has 0 amide bonds. The molecule has 1 aromatic heterocycles. The van der Waals surface area contributed by atoms with Crippen LogP contribution in [-0.2, 0) is 0 Å². The van der Waals surface area contributed by atoms with Gasteiger partial charge < -0.3 is 0 Å². The number of carbonyl (C=O) groups is 1. The molecule has 0 aliphatic rings. The average Bonchev–Trinajstić information content (AvgIpc) is 2.68. The lowest BCUT2D eigenvalue weighted by Gasteiger charge is -1.99. The predicted molar refractivity (Wildman–Crippen MR) is 53.5 cm³/mol. The van der Waals surface area contributed by atoms with Crippen molar-refractivity contribution in [1.29, 1.82) is 0 Å². The number of aromatic nitrogens is 2. The maximum atomic E-state index is 12.7. The number of hydrogen-bond donors (Lipinski definition) is 0. The molecular formula is C11H9FN2O. The number of halogens is 1. The van der Waals surface area contributed by atoms with E-state index in [2.05, 4.69) is 5.10 Å². The first-order valence-electron chi connectivity index (χ1n) is 4.49. The third-order valence-electron chi connectivity index (χ3n) is 2.04. The number of hydrogen-bond acceptors (Lipinski definition) is 2. The largest absolute Gasteiger partial charge is 0.293 e. The molecule has 1 heterocycles. The Balaban J connectivity index is 2.37. The Kier molecular flexibility index (Phi) is 2.33. The van der Waals surface area contributed by atoms with Gasteiger partial charge in [-0.1, -0.05) is 0 Å². The van der Waals surface area contributed by atoms with Crippen molar-refractivity contribution in [1.82, 2.24) is 9.78 Å². The maximum Gasteiger partial charge on any atom is 0.179 e. The van der Waals surface area contributed by atoms with Crippen LogP contribution in [0.4, 0.5) is 4.39 Å². The summed E-state index contributed by atoms with van der Waals surface area (Å²) >= 11 is 0. The molecule has 4 heteroatoms. The Morgan fingerprint density at radius 2 is 1.93 bits per heavy atom. The van der Waals surface area contributed by atoms with Gasteiger partial charge in [-0.05, 0) is 30.3 Å². The number of ketones is 1. The maximum absolute atomic E-state index is 12.7. The van der Waals surface area contributed by atoms with Crippen molar-refractivity contribution in [2.45, 2.75) is 6.92 Å². The van der Waals surface area contributed by atoms with E-state index < -0.39 is 0 Å². The van der Waals surface area contributed by atoms with Gasteiger partial charge in [0.1, 0.15) is 11.5 Å². The second-order valence-electron chi connectivity index (χ2n) is 3.18. The van der Waals surface area contributed by atoms with Gasteiger partial charge in [-0.15, -0.1) is 0 Å². The number of Topliss-reactive ketones (excluding diaryl/α,β-unsaturated/α-hetero) is 1. The molecule has 0 aliphatic heterocycles. The van der Waals surface area contributed by atoms with Crippen LogP contribution >= 0.6 is 0 Å². The summed E-state index contributed by atoms with van der Waals surface area (Å²) < 4.78 is 14.2. The number of benzene rings is 1. The zero-order valence-electron chi connectivity index (χ0n) is 8.14. The van der Waals surface area contributed by atoms with Gasteiger partial charge in [0.2, 0.25) is 0 Å². The Bertz CT molecular complexity index is 488. The van der Waals surface area contributed by atoms with Crippen LogP contribution in [0, 0.1) is 5.82 Å². The van der Waals surface area contributed by atoms with Gasteiger partial charge >= 0.3 is 0 Å². The fraction of sp³-hybridized carbons (Fsp3) is 0.0909. The van der Waals surface area contributed by atoms with E-state index in [0.29, 0.717) is 5.69 Å². The Morgan fingerprint density at radius 3 is 2.47 bits per heavy atom. The van der Waals surface area contributed by atoms with Gasteiger partial charge in [-0.2, -0.15) is 5.10 Å². The highest BCUT2D eigenvalue weighted by Crippen LogP contribution is 2.08. The van der Waals surface area contributed by atoms with Crippen molar-refractivity contribution < 1.29 is 9.18 Å². The third kappa shape index (κ3) is 1.93. The Hall–Kier alpha value is -1.97. The fourth-order valence-electron chi connectivity index (χ4n) is 1.25. The van der Waals surface area contributed by atoms with Crippen LogP contribution in [0.2, 0.25) is 0 Å². The minimum Gasteiger partial charge on any atom is -0.293 e. The summed E-state index contributed by atoms with van der Waals surface area (Å²) in [4.78, 5) is 11.0. The van der Waals surface area contributed by atoms with E-state index in [0.717, 1.165) is 5.69 Å². The average molecular weight is 204 g/mol. The van der Waals surface area contributed by atoms with Gasteiger partial charge in [0.25, 0.3) is 0 Å². The smallest absolute Gasteiger partial charge is 0.179 e.